The number of carbonyl (C=O) groups is 3. The molecule has 2 aromatic rings. The molecular weight excluding hydrogens is 334 g/mol. The fourth-order valence-corrected chi connectivity index (χ4v) is 2.54. The number of anilines is 2. The first-order valence-electron chi connectivity index (χ1n) is 8.18. The molecule has 7 nitrogen and oxygen atoms in total. The summed E-state index contributed by atoms with van der Waals surface area (Å²) in [7, 11) is 0. The molecule has 26 heavy (non-hydrogen) atoms. The van der Waals surface area contributed by atoms with Crippen LogP contribution in [0.1, 0.15) is 22.8 Å². The van der Waals surface area contributed by atoms with Crippen molar-refractivity contribution in [1.29, 1.82) is 0 Å². The van der Waals surface area contributed by atoms with Crippen molar-refractivity contribution in [3.63, 3.8) is 0 Å². The molecule has 3 amide bonds. The number of hydrogen-bond acceptors (Lipinski definition) is 4. The third-order valence-corrected chi connectivity index (χ3v) is 3.88. The molecule has 134 valence electrons. The largest absolute Gasteiger partial charge is 0.479 e. The van der Waals surface area contributed by atoms with E-state index in [0.717, 1.165) is 5.56 Å². The zero-order valence-electron chi connectivity index (χ0n) is 14.5. The van der Waals surface area contributed by atoms with Gasteiger partial charge < -0.3 is 20.7 Å². The predicted octanol–water partition coefficient (Wildman–Crippen LogP) is 2.08. The van der Waals surface area contributed by atoms with Crippen molar-refractivity contribution in [2.75, 3.05) is 17.2 Å². The monoisotopic (exact) mass is 353 g/mol. The predicted molar refractivity (Wildman–Crippen MR) is 97.3 cm³/mol. The summed E-state index contributed by atoms with van der Waals surface area (Å²) in [6, 6.07) is 12.1. The van der Waals surface area contributed by atoms with E-state index < -0.39 is 6.10 Å². The number of nitrogens with one attached hydrogen (secondary N) is 3. The quantitative estimate of drug-likeness (QED) is 0.784. The Morgan fingerprint density at radius 1 is 1.19 bits per heavy atom. The van der Waals surface area contributed by atoms with Gasteiger partial charge in [-0.05, 0) is 44.2 Å². The highest BCUT2D eigenvalue weighted by molar-refractivity contribution is 6.01. The van der Waals surface area contributed by atoms with Crippen LogP contribution in [0, 0.1) is 6.92 Å². The van der Waals surface area contributed by atoms with Crippen LogP contribution < -0.4 is 20.7 Å². The first-order chi connectivity index (χ1) is 12.4. The van der Waals surface area contributed by atoms with Gasteiger partial charge in [0.15, 0.2) is 6.10 Å². The Kier molecular flexibility index (Phi) is 4.88. The molecule has 1 heterocycles. The molecule has 0 spiro atoms. The summed E-state index contributed by atoms with van der Waals surface area (Å²) in [6.45, 7) is 3.39. The van der Waals surface area contributed by atoms with Crippen molar-refractivity contribution >= 4 is 29.1 Å². The van der Waals surface area contributed by atoms with E-state index in [0.29, 0.717) is 22.7 Å². The highest BCUT2D eigenvalue weighted by atomic mass is 16.5. The first-order valence-corrected chi connectivity index (χ1v) is 8.18. The molecule has 1 aliphatic heterocycles. The van der Waals surface area contributed by atoms with Crippen LogP contribution in [-0.4, -0.2) is 30.4 Å². The molecule has 0 bridgehead atoms. The number of ether oxygens (including phenoxy) is 1. The number of fused-ring (bicyclic) bond motifs is 1. The topological polar surface area (TPSA) is 96.5 Å². The highest BCUT2D eigenvalue weighted by Crippen LogP contribution is 2.32. The van der Waals surface area contributed by atoms with Gasteiger partial charge in [-0.15, -0.1) is 0 Å². The Hall–Kier alpha value is -3.35. The van der Waals surface area contributed by atoms with E-state index in [2.05, 4.69) is 16.0 Å². The average Bonchev–Trinajstić information content (AvgIpc) is 2.61. The Morgan fingerprint density at radius 2 is 2.00 bits per heavy atom. The summed E-state index contributed by atoms with van der Waals surface area (Å²) in [5.41, 5.74) is 2.46. The lowest BCUT2D eigenvalue weighted by Gasteiger charge is -2.23. The van der Waals surface area contributed by atoms with Gasteiger partial charge in [-0.25, -0.2) is 0 Å². The maximum Gasteiger partial charge on any atom is 0.265 e. The summed E-state index contributed by atoms with van der Waals surface area (Å²) < 4.78 is 5.46. The maximum atomic E-state index is 12.1. The van der Waals surface area contributed by atoms with Gasteiger partial charge in [0.05, 0.1) is 12.2 Å². The van der Waals surface area contributed by atoms with E-state index in [4.69, 9.17) is 4.74 Å². The Labute approximate surface area is 150 Å². The van der Waals surface area contributed by atoms with Crippen LogP contribution in [0.3, 0.4) is 0 Å². The van der Waals surface area contributed by atoms with Gasteiger partial charge >= 0.3 is 0 Å². The SMILES string of the molecule is Cc1cccc(C(=O)NCC(=O)Nc2ccc3c(c2)NC(=O)[C@H](C)O3)c1. The number of carbonyl (C=O) groups excluding carboxylic acids is 3. The number of rotatable bonds is 4. The molecular formula is C19H19N3O4. The Balaban J connectivity index is 1.58. The second kappa shape index (κ2) is 7.26. The number of benzene rings is 2. The molecule has 2 aromatic carbocycles. The molecule has 3 rings (SSSR count). The summed E-state index contributed by atoms with van der Waals surface area (Å²) in [6.07, 6.45) is -0.556. The molecule has 1 atom stereocenters. The highest BCUT2D eigenvalue weighted by Gasteiger charge is 2.23. The van der Waals surface area contributed by atoms with Gasteiger partial charge in [0.2, 0.25) is 5.91 Å². The van der Waals surface area contributed by atoms with E-state index >= 15 is 0 Å². The zero-order chi connectivity index (χ0) is 18.7. The van der Waals surface area contributed by atoms with E-state index in [9.17, 15) is 14.4 Å². The second-order valence-corrected chi connectivity index (χ2v) is 6.06. The molecule has 0 saturated heterocycles. The van der Waals surface area contributed by atoms with Gasteiger partial charge in [-0.1, -0.05) is 17.7 Å². The van der Waals surface area contributed by atoms with Crippen molar-refractivity contribution in [1.82, 2.24) is 5.32 Å². The molecule has 0 saturated carbocycles. The summed E-state index contributed by atoms with van der Waals surface area (Å²) in [5, 5.41) is 7.97. The van der Waals surface area contributed by atoms with Crippen LogP contribution in [0.2, 0.25) is 0 Å². The van der Waals surface area contributed by atoms with Crippen LogP contribution in [0.4, 0.5) is 11.4 Å². The van der Waals surface area contributed by atoms with E-state index in [-0.39, 0.29) is 24.3 Å². The third kappa shape index (κ3) is 4.00. The van der Waals surface area contributed by atoms with Gasteiger partial charge in [-0.3, -0.25) is 14.4 Å². The minimum atomic E-state index is -0.556. The lowest BCUT2D eigenvalue weighted by Crippen LogP contribution is -2.34. The molecule has 7 heteroatoms. The number of aryl methyl sites for hydroxylation is 1. The van der Waals surface area contributed by atoms with Crippen LogP contribution >= 0.6 is 0 Å². The molecule has 0 aliphatic carbocycles. The summed E-state index contributed by atoms with van der Waals surface area (Å²) in [5.74, 6) is -0.388. The summed E-state index contributed by atoms with van der Waals surface area (Å²) >= 11 is 0. The molecule has 0 aromatic heterocycles. The first kappa shape index (κ1) is 17.5. The number of hydrogen-bond donors (Lipinski definition) is 3. The number of amides is 3. The van der Waals surface area contributed by atoms with Gasteiger partial charge in [0.25, 0.3) is 11.8 Å². The fraction of sp³-hybridized carbons (Fsp3) is 0.211. The van der Waals surface area contributed by atoms with E-state index in [1.807, 2.05) is 13.0 Å². The zero-order valence-corrected chi connectivity index (χ0v) is 14.5. The van der Waals surface area contributed by atoms with Crippen LogP contribution in [0.5, 0.6) is 5.75 Å². The van der Waals surface area contributed by atoms with E-state index in [1.54, 1.807) is 43.3 Å². The minimum Gasteiger partial charge on any atom is -0.479 e. The van der Waals surface area contributed by atoms with Crippen LogP contribution in [0.25, 0.3) is 0 Å². The van der Waals surface area contributed by atoms with Gasteiger partial charge in [-0.2, -0.15) is 0 Å². The molecule has 0 fully saturated rings. The molecule has 3 N–H and O–H groups in total. The molecule has 0 radical (unpaired) electrons. The minimum absolute atomic E-state index is 0.163. The van der Waals surface area contributed by atoms with Crippen molar-refractivity contribution in [3.8, 4) is 5.75 Å². The second-order valence-electron chi connectivity index (χ2n) is 6.06. The summed E-state index contributed by atoms with van der Waals surface area (Å²) in [4.78, 5) is 35.8. The Bertz CT molecular complexity index is 879. The van der Waals surface area contributed by atoms with Gasteiger partial charge in [0.1, 0.15) is 5.75 Å². The van der Waals surface area contributed by atoms with Crippen molar-refractivity contribution in [2.24, 2.45) is 0 Å². The van der Waals surface area contributed by atoms with E-state index in [1.165, 1.54) is 0 Å². The van der Waals surface area contributed by atoms with Crippen molar-refractivity contribution in [2.45, 2.75) is 20.0 Å². The normalized spacial score (nSPS) is 15.3. The average molecular weight is 353 g/mol. The molecule has 1 aliphatic rings. The van der Waals surface area contributed by atoms with Crippen molar-refractivity contribution in [3.05, 3.63) is 53.6 Å². The fourth-order valence-electron chi connectivity index (χ4n) is 2.54. The molecule has 0 unspecified atom stereocenters. The van der Waals surface area contributed by atoms with Crippen molar-refractivity contribution < 1.29 is 19.1 Å². The lowest BCUT2D eigenvalue weighted by atomic mass is 10.1. The maximum absolute atomic E-state index is 12.1. The lowest BCUT2D eigenvalue weighted by molar-refractivity contribution is -0.122. The Morgan fingerprint density at radius 3 is 2.77 bits per heavy atom. The van der Waals surface area contributed by atoms with Crippen LogP contribution in [0.15, 0.2) is 42.5 Å². The van der Waals surface area contributed by atoms with Crippen LogP contribution in [-0.2, 0) is 9.59 Å². The van der Waals surface area contributed by atoms with Gasteiger partial charge in [0, 0.05) is 11.3 Å². The smallest absolute Gasteiger partial charge is 0.265 e. The third-order valence-electron chi connectivity index (χ3n) is 3.88. The standard InChI is InChI=1S/C19H19N3O4/c1-11-4-3-5-13(8-11)19(25)20-10-17(23)21-14-6-7-16-15(9-14)22-18(24)12(2)26-16/h3-9,12H,10H2,1-2H3,(H,20,25)(H,21,23)(H,22,24)/t12-/m0/s1.